The third kappa shape index (κ3) is 9.09. The second-order valence-corrected chi connectivity index (χ2v) is 12.1. The summed E-state index contributed by atoms with van der Waals surface area (Å²) in [6, 6.07) is 8.10. The molecule has 3 aliphatic rings. The van der Waals surface area contributed by atoms with Gasteiger partial charge >= 0.3 is 12.1 Å². The second-order valence-electron chi connectivity index (χ2n) is 12.1. The maximum absolute atomic E-state index is 12.8. The first-order chi connectivity index (χ1) is 21.3. The zero-order chi connectivity index (χ0) is 31.5. The molecule has 44 heavy (non-hydrogen) atoms. The lowest BCUT2D eigenvalue weighted by molar-refractivity contribution is -0.141. The third-order valence-corrected chi connectivity index (χ3v) is 9.58. The van der Waals surface area contributed by atoms with Crippen LogP contribution in [0.2, 0.25) is 0 Å². The molecule has 12 heteroatoms. The average molecular weight is 614 g/mol. The number of para-hydroxylation sites is 1. The maximum Gasteiger partial charge on any atom is 0.410 e. The molecule has 0 radical (unpaired) electrons. The Balaban J connectivity index is 1.11. The number of carbonyl (C=O) groups excluding carboxylic acids is 4. The van der Waals surface area contributed by atoms with Gasteiger partial charge in [-0.15, -0.1) is 0 Å². The van der Waals surface area contributed by atoms with Crippen LogP contribution >= 0.6 is 0 Å². The molecule has 4 amide bonds. The average Bonchev–Trinajstić information content (AvgIpc) is 3.06. The lowest BCUT2D eigenvalue weighted by atomic mass is 9.78. The van der Waals surface area contributed by atoms with Crippen LogP contribution in [0.3, 0.4) is 0 Å². The Hall–Kier alpha value is -3.83. The van der Waals surface area contributed by atoms with Crippen molar-refractivity contribution in [3.63, 3.8) is 0 Å². The summed E-state index contributed by atoms with van der Waals surface area (Å²) in [4.78, 5) is 67.3. The number of aliphatic carboxylic acids is 1. The van der Waals surface area contributed by atoms with Gasteiger partial charge in [-0.25, -0.2) is 4.79 Å². The summed E-state index contributed by atoms with van der Waals surface area (Å²) in [6.07, 6.45) is 5.99. The number of hydrogen-bond donors (Lipinski definition) is 2. The molecule has 1 aromatic carbocycles. The van der Waals surface area contributed by atoms with E-state index in [4.69, 9.17) is 9.84 Å². The lowest BCUT2D eigenvalue weighted by Gasteiger charge is -2.40. The van der Waals surface area contributed by atoms with E-state index in [-0.39, 0.29) is 37.3 Å². The Bertz CT molecular complexity index is 1140. The smallest absolute Gasteiger partial charge is 0.410 e. The molecule has 0 spiro atoms. The fourth-order valence-corrected chi connectivity index (χ4v) is 6.85. The number of likely N-dealkylation sites (tertiary alicyclic amines) is 3. The molecule has 0 bridgehead atoms. The molecule has 0 atom stereocenters. The van der Waals surface area contributed by atoms with Crippen molar-refractivity contribution in [2.24, 2.45) is 11.8 Å². The van der Waals surface area contributed by atoms with E-state index >= 15 is 0 Å². The predicted molar refractivity (Wildman–Crippen MR) is 164 cm³/mol. The standard InChI is InChI=1S/C32H47N5O7/c1-33-28-5-3-2-4-26(28)12-19-37(23-38)27-13-20-36(21-14-27)32(43)44-22-30(40)35-17-10-25(11-18-35)24-8-15-34(16-9-24)29(39)6-7-31(41)42/h2-5,23-25,27,33H,6-22H2,1H3,(H,41,42). The Morgan fingerprint density at radius 3 is 2.00 bits per heavy atom. The molecular formula is C32H47N5O7. The van der Waals surface area contributed by atoms with E-state index < -0.39 is 12.1 Å². The highest BCUT2D eigenvalue weighted by Gasteiger charge is 2.33. The van der Waals surface area contributed by atoms with Crippen LogP contribution in [0.25, 0.3) is 0 Å². The molecule has 0 saturated carbocycles. The molecule has 0 aromatic heterocycles. The van der Waals surface area contributed by atoms with E-state index in [0.717, 1.165) is 49.8 Å². The highest BCUT2D eigenvalue weighted by molar-refractivity contribution is 5.81. The number of ether oxygens (including phenoxy) is 1. The molecule has 3 aliphatic heterocycles. The molecule has 3 fully saturated rings. The topological polar surface area (TPSA) is 140 Å². The van der Waals surface area contributed by atoms with E-state index in [1.54, 1.807) is 14.7 Å². The number of rotatable bonds is 12. The van der Waals surface area contributed by atoms with Gasteiger partial charge in [-0.3, -0.25) is 19.2 Å². The monoisotopic (exact) mass is 613 g/mol. The number of anilines is 1. The van der Waals surface area contributed by atoms with Gasteiger partial charge in [-0.2, -0.15) is 0 Å². The predicted octanol–water partition coefficient (Wildman–Crippen LogP) is 2.67. The van der Waals surface area contributed by atoms with Gasteiger partial charge in [0.05, 0.1) is 6.42 Å². The van der Waals surface area contributed by atoms with Crippen LogP contribution in [-0.4, -0.2) is 121 Å². The molecule has 242 valence electrons. The summed E-state index contributed by atoms with van der Waals surface area (Å²) in [6.45, 7) is 3.87. The van der Waals surface area contributed by atoms with Crippen molar-refractivity contribution in [2.45, 2.75) is 63.8 Å². The Morgan fingerprint density at radius 2 is 1.43 bits per heavy atom. The van der Waals surface area contributed by atoms with Crippen LogP contribution in [0.5, 0.6) is 0 Å². The number of hydrogen-bond acceptors (Lipinski definition) is 7. The second kappa shape index (κ2) is 16.3. The highest BCUT2D eigenvalue weighted by atomic mass is 16.6. The quantitative estimate of drug-likeness (QED) is 0.343. The first kappa shape index (κ1) is 33.1. The summed E-state index contributed by atoms with van der Waals surface area (Å²) < 4.78 is 5.39. The van der Waals surface area contributed by atoms with E-state index in [1.165, 1.54) is 0 Å². The van der Waals surface area contributed by atoms with Gasteiger partial charge in [0.25, 0.3) is 5.91 Å². The molecule has 0 unspecified atom stereocenters. The number of benzene rings is 1. The molecule has 4 rings (SSSR count). The van der Waals surface area contributed by atoms with Crippen molar-refractivity contribution < 1.29 is 33.8 Å². The summed E-state index contributed by atoms with van der Waals surface area (Å²) >= 11 is 0. The number of carboxylic acid groups (broad SMARTS) is 1. The SMILES string of the molecule is CNc1ccccc1CCN(C=O)C1CCN(C(=O)OCC(=O)N2CCC(C3CCN(C(=O)CCC(=O)O)CC3)CC2)CC1. The van der Waals surface area contributed by atoms with Crippen LogP contribution < -0.4 is 5.32 Å². The number of nitrogens with zero attached hydrogens (tertiary/aromatic N) is 4. The van der Waals surface area contributed by atoms with Gasteiger partial charge < -0.3 is 34.8 Å². The largest absolute Gasteiger partial charge is 0.481 e. The summed E-state index contributed by atoms with van der Waals surface area (Å²) in [7, 11) is 1.88. The maximum atomic E-state index is 12.8. The zero-order valence-corrected chi connectivity index (χ0v) is 25.8. The zero-order valence-electron chi connectivity index (χ0n) is 25.8. The fraction of sp³-hybridized carbons (Fsp3) is 0.656. The number of piperidine rings is 3. The van der Waals surface area contributed by atoms with Crippen LogP contribution in [-0.2, 0) is 30.3 Å². The summed E-state index contributed by atoms with van der Waals surface area (Å²) in [5.41, 5.74) is 2.21. The Kier molecular flexibility index (Phi) is 12.3. The number of carbonyl (C=O) groups is 5. The van der Waals surface area contributed by atoms with Gasteiger partial charge in [-0.1, -0.05) is 18.2 Å². The van der Waals surface area contributed by atoms with Crippen LogP contribution in [0, 0.1) is 11.8 Å². The number of carboxylic acids is 1. The van der Waals surface area contributed by atoms with E-state index in [2.05, 4.69) is 11.4 Å². The third-order valence-electron chi connectivity index (χ3n) is 9.58. The summed E-state index contributed by atoms with van der Waals surface area (Å²) in [5, 5.41) is 12.0. The molecule has 3 heterocycles. The Labute approximate surface area is 259 Å². The van der Waals surface area contributed by atoms with E-state index in [0.29, 0.717) is 70.5 Å². The van der Waals surface area contributed by atoms with Crippen LogP contribution in [0.15, 0.2) is 24.3 Å². The molecule has 3 saturated heterocycles. The van der Waals surface area contributed by atoms with Gasteiger partial charge in [-0.05, 0) is 68.4 Å². The van der Waals surface area contributed by atoms with Crippen molar-refractivity contribution in [3.05, 3.63) is 29.8 Å². The minimum Gasteiger partial charge on any atom is -0.481 e. The van der Waals surface area contributed by atoms with Crippen molar-refractivity contribution >= 4 is 36.0 Å². The normalized spacial score (nSPS) is 18.5. The Morgan fingerprint density at radius 1 is 0.864 bits per heavy atom. The first-order valence-corrected chi connectivity index (χ1v) is 15.9. The van der Waals surface area contributed by atoms with Crippen LogP contribution in [0.4, 0.5) is 10.5 Å². The van der Waals surface area contributed by atoms with E-state index in [9.17, 15) is 24.0 Å². The van der Waals surface area contributed by atoms with Crippen LogP contribution in [0.1, 0.15) is 56.9 Å². The van der Waals surface area contributed by atoms with Crippen molar-refractivity contribution in [1.82, 2.24) is 19.6 Å². The lowest BCUT2D eigenvalue weighted by Crippen LogP contribution is -2.48. The van der Waals surface area contributed by atoms with Crippen molar-refractivity contribution in [3.8, 4) is 0 Å². The molecule has 12 nitrogen and oxygen atoms in total. The van der Waals surface area contributed by atoms with Gasteiger partial charge in [0.15, 0.2) is 6.61 Å². The highest BCUT2D eigenvalue weighted by Crippen LogP contribution is 2.33. The van der Waals surface area contributed by atoms with Crippen molar-refractivity contribution in [1.29, 1.82) is 0 Å². The summed E-state index contributed by atoms with van der Waals surface area (Å²) in [5.74, 6) is -0.237. The van der Waals surface area contributed by atoms with Gasteiger partial charge in [0.1, 0.15) is 0 Å². The first-order valence-electron chi connectivity index (χ1n) is 15.9. The van der Waals surface area contributed by atoms with Gasteiger partial charge in [0.2, 0.25) is 12.3 Å². The molecule has 2 N–H and O–H groups in total. The minimum atomic E-state index is -0.953. The van der Waals surface area contributed by atoms with Crippen molar-refractivity contribution in [2.75, 3.05) is 64.8 Å². The molecular weight excluding hydrogens is 566 g/mol. The fourth-order valence-electron chi connectivity index (χ4n) is 6.85. The molecule has 0 aliphatic carbocycles. The number of amides is 4. The number of nitrogens with one attached hydrogen (secondary N) is 1. The van der Waals surface area contributed by atoms with E-state index in [1.807, 2.05) is 30.1 Å². The molecule has 1 aromatic rings. The van der Waals surface area contributed by atoms with Gasteiger partial charge in [0, 0.05) is 71.0 Å². The minimum absolute atomic E-state index is 0.0510.